The zero-order valence-electron chi connectivity index (χ0n) is 11.7. The second kappa shape index (κ2) is 6.85. The minimum Gasteiger partial charge on any atom is -0.469 e. The second-order valence-corrected chi connectivity index (χ2v) is 6.11. The first-order chi connectivity index (χ1) is 9.32. The van der Waals surface area contributed by atoms with Gasteiger partial charge in [0.1, 0.15) is 5.82 Å². The van der Waals surface area contributed by atoms with Gasteiger partial charge in [0.25, 0.3) is 0 Å². The van der Waals surface area contributed by atoms with Crippen molar-refractivity contribution in [3.05, 3.63) is 34.1 Å². The van der Waals surface area contributed by atoms with Gasteiger partial charge in [0.15, 0.2) is 0 Å². The van der Waals surface area contributed by atoms with Crippen molar-refractivity contribution in [1.29, 1.82) is 5.26 Å². The Bertz CT molecular complexity index is 537. The van der Waals surface area contributed by atoms with Gasteiger partial charge < -0.3 is 4.74 Å². The van der Waals surface area contributed by atoms with Crippen molar-refractivity contribution in [1.82, 2.24) is 0 Å². The van der Waals surface area contributed by atoms with Crippen molar-refractivity contribution in [2.45, 2.75) is 32.6 Å². The average molecular weight is 342 g/mol. The van der Waals surface area contributed by atoms with E-state index >= 15 is 0 Å². The molecule has 0 aromatic heterocycles. The number of rotatable bonds is 5. The summed E-state index contributed by atoms with van der Waals surface area (Å²) in [7, 11) is 1.28. The van der Waals surface area contributed by atoms with Crippen LogP contribution in [0.25, 0.3) is 0 Å². The molecule has 0 radical (unpaired) electrons. The number of nitrogens with zero attached hydrogens (tertiary/aromatic N) is 1. The molecule has 0 aliphatic heterocycles. The molecule has 108 valence electrons. The Morgan fingerprint density at radius 2 is 2.20 bits per heavy atom. The Morgan fingerprint density at radius 1 is 1.55 bits per heavy atom. The Morgan fingerprint density at radius 3 is 2.75 bits per heavy atom. The lowest BCUT2D eigenvalue weighted by atomic mass is 9.83. The first-order valence-electron chi connectivity index (χ1n) is 6.25. The summed E-state index contributed by atoms with van der Waals surface area (Å²) in [6, 6.07) is 7.00. The molecule has 0 aliphatic rings. The Kier molecular flexibility index (Phi) is 5.70. The lowest BCUT2D eigenvalue weighted by Gasteiger charge is -2.20. The molecule has 0 aliphatic carbocycles. The van der Waals surface area contributed by atoms with Crippen LogP contribution in [-0.2, 0) is 9.53 Å². The lowest BCUT2D eigenvalue weighted by Crippen LogP contribution is -2.19. The average Bonchev–Trinajstić information content (AvgIpc) is 2.43. The fourth-order valence-electron chi connectivity index (χ4n) is 1.89. The molecule has 20 heavy (non-hydrogen) atoms. The highest BCUT2D eigenvalue weighted by Crippen LogP contribution is 2.33. The molecule has 0 bridgehead atoms. The monoisotopic (exact) mass is 341 g/mol. The van der Waals surface area contributed by atoms with Crippen LogP contribution in [0.5, 0.6) is 0 Å². The number of ether oxygens (including phenoxy) is 1. The summed E-state index contributed by atoms with van der Waals surface area (Å²) in [5, 5.41) is 9.02. The van der Waals surface area contributed by atoms with Gasteiger partial charge in [-0.05, 0) is 48.7 Å². The molecule has 1 rings (SSSR count). The standard InChI is InChI=1S/C15H17BrFNO2/c1-15(2,9-18)8-7-11(14(19)20-3)10-5-4-6-12(16)13(10)17/h4-6,11H,7-8H2,1-3H3. The second-order valence-electron chi connectivity index (χ2n) is 5.25. The number of halogens is 2. The van der Waals surface area contributed by atoms with Crippen LogP contribution in [0.4, 0.5) is 4.39 Å². The smallest absolute Gasteiger partial charge is 0.313 e. The predicted molar refractivity (Wildman–Crippen MR) is 77.5 cm³/mol. The minimum atomic E-state index is -0.704. The maximum absolute atomic E-state index is 14.1. The van der Waals surface area contributed by atoms with Crippen LogP contribution >= 0.6 is 15.9 Å². The van der Waals surface area contributed by atoms with Crippen LogP contribution in [0.2, 0.25) is 0 Å². The Balaban J connectivity index is 3.05. The number of methoxy groups -OCH3 is 1. The Hall–Kier alpha value is -1.41. The van der Waals surface area contributed by atoms with Gasteiger partial charge in [0.2, 0.25) is 0 Å². The molecule has 0 amide bonds. The molecule has 3 nitrogen and oxygen atoms in total. The van der Waals surface area contributed by atoms with Gasteiger partial charge in [0.05, 0.1) is 29.0 Å². The molecule has 1 aromatic rings. The van der Waals surface area contributed by atoms with E-state index in [0.717, 1.165) is 0 Å². The number of benzene rings is 1. The molecular weight excluding hydrogens is 325 g/mol. The molecule has 1 atom stereocenters. The van der Waals surface area contributed by atoms with E-state index in [1.807, 2.05) is 0 Å². The van der Waals surface area contributed by atoms with Crippen LogP contribution in [-0.4, -0.2) is 13.1 Å². The van der Waals surface area contributed by atoms with Gasteiger partial charge in [0, 0.05) is 5.56 Å². The van der Waals surface area contributed by atoms with Crippen LogP contribution in [0.3, 0.4) is 0 Å². The molecule has 0 N–H and O–H groups in total. The van der Waals surface area contributed by atoms with E-state index in [1.165, 1.54) is 7.11 Å². The highest BCUT2D eigenvalue weighted by atomic mass is 79.9. The van der Waals surface area contributed by atoms with Crippen molar-refractivity contribution in [2.75, 3.05) is 7.11 Å². The molecular formula is C15H17BrFNO2. The molecule has 0 spiro atoms. The van der Waals surface area contributed by atoms with Crippen LogP contribution in [0.15, 0.2) is 22.7 Å². The molecule has 0 fully saturated rings. The summed E-state index contributed by atoms with van der Waals surface area (Å²) in [5.41, 5.74) is -0.269. The predicted octanol–water partition coefficient (Wildman–Crippen LogP) is 4.17. The van der Waals surface area contributed by atoms with E-state index in [1.54, 1.807) is 32.0 Å². The number of nitriles is 1. The summed E-state index contributed by atoms with van der Waals surface area (Å²) >= 11 is 3.11. The van der Waals surface area contributed by atoms with Gasteiger partial charge in [-0.25, -0.2) is 4.39 Å². The van der Waals surface area contributed by atoms with E-state index in [4.69, 9.17) is 10.00 Å². The summed E-state index contributed by atoms with van der Waals surface area (Å²) in [4.78, 5) is 11.9. The van der Waals surface area contributed by atoms with Crippen molar-refractivity contribution >= 4 is 21.9 Å². The molecule has 0 saturated heterocycles. The maximum Gasteiger partial charge on any atom is 0.313 e. The van der Waals surface area contributed by atoms with Gasteiger partial charge in [-0.15, -0.1) is 0 Å². The van der Waals surface area contributed by atoms with Crippen LogP contribution in [0, 0.1) is 22.6 Å². The molecule has 0 heterocycles. The molecule has 5 heteroatoms. The fourth-order valence-corrected chi connectivity index (χ4v) is 2.27. The van der Waals surface area contributed by atoms with Gasteiger partial charge in [-0.1, -0.05) is 12.1 Å². The zero-order valence-corrected chi connectivity index (χ0v) is 13.3. The first kappa shape index (κ1) is 16.6. The van der Waals surface area contributed by atoms with Gasteiger partial charge in [-0.3, -0.25) is 4.79 Å². The fraction of sp³-hybridized carbons (Fsp3) is 0.467. The molecule has 1 unspecified atom stereocenters. The summed E-state index contributed by atoms with van der Waals surface area (Å²) in [5.74, 6) is -1.65. The number of carbonyl (C=O) groups is 1. The van der Waals surface area contributed by atoms with E-state index in [9.17, 15) is 9.18 Å². The Labute approximate surface area is 126 Å². The van der Waals surface area contributed by atoms with Crippen molar-refractivity contribution in [3.8, 4) is 6.07 Å². The normalized spacial score (nSPS) is 12.6. The maximum atomic E-state index is 14.1. The third-order valence-corrected chi connectivity index (χ3v) is 3.82. The summed E-state index contributed by atoms with van der Waals surface area (Å²) < 4.78 is 19.2. The quantitative estimate of drug-likeness (QED) is 0.755. The topological polar surface area (TPSA) is 50.1 Å². The highest BCUT2D eigenvalue weighted by Gasteiger charge is 2.28. The highest BCUT2D eigenvalue weighted by molar-refractivity contribution is 9.10. The zero-order chi connectivity index (χ0) is 15.3. The molecule has 0 saturated carbocycles. The van der Waals surface area contributed by atoms with E-state index in [2.05, 4.69) is 22.0 Å². The van der Waals surface area contributed by atoms with E-state index < -0.39 is 23.1 Å². The van der Waals surface area contributed by atoms with Crippen LogP contribution in [0.1, 0.15) is 38.2 Å². The molecule has 1 aromatic carbocycles. The minimum absolute atomic E-state index is 0.292. The van der Waals surface area contributed by atoms with Crippen molar-refractivity contribution < 1.29 is 13.9 Å². The summed E-state index contributed by atoms with van der Waals surface area (Å²) in [6.45, 7) is 3.58. The SMILES string of the molecule is COC(=O)C(CCC(C)(C)C#N)c1cccc(Br)c1F. The number of hydrogen-bond acceptors (Lipinski definition) is 3. The van der Waals surface area contributed by atoms with E-state index in [0.29, 0.717) is 22.9 Å². The van der Waals surface area contributed by atoms with Crippen molar-refractivity contribution in [3.63, 3.8) is 0 Å². The van der Waals surface area contributed by atoms with Gasteiger partial charge in [-0.2, -0.15) is 5.26 Å². The van der Waals surface area contributed by atoms with E-state index in [-0.39, 0.29) is 0 Å². The third-order valence-electron chi connectivity index (χ3n) is 3.20. The number of esters is 1. The summed E-state index contributed by atoms with van der Waals surface area (Å²) in [6.07, 6.45) is 0.843. The van der Waals surface area contributed by atoms with Gasteiger partial charge >= 0.3 is 5.97 Å². The number of carbonyl (C=O) groups excluding carboxylic acids is 1. The largest absolute Gasteiger partial charge is 0.469 e. The number of hydrogen-bond donors (Lipinski definition) is 0. The first-order valence-corrected chi connectivity index (χ1v) is 7.04. The lowest BCUT2D eigenvalue weighted by molar-refractivity contribution is -0.142. The van der Waals surface area contributed by atoms with Crippen molar-refractivity contribution in [2.24, 2.45) is 5.41 Å². The third kappa shape index (κ3) is 4.04. The van der Waals surface area contributed by atoms with Crippen LogP contribution < -0.4 is 0 Å².